The quantitative estimate of drug-likeness (QED) is 0.156. The fourth-order valence-electron chi connectivity index (χ4n) is 4.33. The molecule has 2 amide bonds. The molecule has 0 fully saturated rings. The van der Waals surface area contributed by atoms with E-state index in [-0.39, 0.29) is 58.2 Å². The summed E-state index contributed by atoms with van der Waals surface area (Å²) in [7, 11) is 1.08. The minimum Gasteiger partial charge on any atom is -0.490 e. The van der Waals surface area contributed by atoms with Crippen molar-refractivity contribution in [3.63, 3.8) is 0 Å². The average Bonchev–Trinajstić information content (AvgIpc) is 3.85. The maximum atomic E-state index is 14.9. The van der Waals surface area contributed by atoms with Gasteiger partial charge in [0.25, 0.3) is 5.91 Å². The van der Waals surface area contributed by atoms with Crippen LogP contribution < -0.4 is 15.5 Å². The number of anilines is 1. The lowest BCUT2D eigenvalue weighted by Crippen LogP contribution is -2.28. The Balaban J connectivity index is 1.06. The van der Waals surface area contributed by atoms with Crippen LogP contribution in [0.5, 0.6) is 5.75 Å². The fourth-order valence-corrected chi connectivity index (χ4v) is 4.33. The molecule has 0 unspecified atom stereocenters. The first-order valence-corrected chi connectivity index (χ1v) is 14.2. The van der Waals surface area contributed by atoms with Gasteiger partial charge in [-0.2, -0.15) is 5.48 Å². The highest BCUT2D eigenvalue weighted by Crippen LogP contribution is 2.28. The number of tetrazole rings is 1. The van der Waals surface area contributed by atoms with E-state index in [1.807, 2.05) is 5.48 Å². The van der Waals surface area contributed by atoms with Crippen LogP contribution in [0.25, 0.3) is 11.5 Å². The molecule has 0 atom stereocenters. The highest BCUT2D eigenvalue weighted by Gasteiger charge is 2.21. The van der Waals surface area contributed by atoms with Crippen LogP contribution in [0.2, 0.25) is 0 Å². The molecule has 6 rings (SSSR count). The number of hydrogen-bond donors (Lipinski definition) is 2. The van der Waals surface area contributed by atoms with Gasteiger partial charge in [0.05, 0.1) is 30.5 Å². The normalized spacial score (nSPS) is 10.8. The Morgan fingerprint density at radius 2 is 1.72 bits per heavy atom. The monoisotopic (exact) mass is 685 g/mol. The second kappa shape index (κ2) is 14.3. The third-order valence-corrected chi connectivity index (χ3v) is 6.83. The van der Waals surface area contributed by atoms with Gasteiger partial charge in [0.2, 0.25) is 0 Å². The van der Waals surface area contributed by atoms with Crippen LogP contribution in [0, 0.1) is 11.6 Å². The Labute approximate surface area is 278 Å². The van der Waals surface area contributed by atoms with Gasteiger partial charge in [0.1, 0.15) is 12.1 Å². The molecule has 2 aromatic carbocycles. The topological polar surface area (TPSA) is 220 Å². The second-order valence-electron chi connectivity index (χ2n) is 9.99. The number of esters is 1. The van der Waals surface area contributed by atoms with Crippen molar-refractivity contribution in [3.05, 3.63) is 113 Å². The summed E-state index contributed by atoms with van der Waals surface area (Å²) >= 11 is 0. The first-order valence-electron chi connectivity index (χ1n) is 14.2. The Morgan fingerprint density at radius 3 is 2.46 bits per heavy atom. The number of carbonyl (C=O) groups is 4. The first-order chi connectivity index (χ1) is 24.2. The number of benzene rings is 2. The number of rotatable bonds is 10. The summed E-state index contributed by atoms with van der Waals surface area (Å²) < 4.78 is 42.6. The number of ether oxygens (including phenoxy) is 2. The minimum atomic E-state index is -1.06. The predicted molar refractivity (Wildman–Crippen MR) is 162 cm³/mol. The van der Waals surface area contributed by atoms with E-state index in [4.69, 9.17) is 14.3 Å². The summed E-state index contributed by atoms with van der Waals surface area (Å²) in [6, 6.07) is 11.0. The van der Waals surface area contributed by atoms with Crippen LogP contribution in [0.4, 0.5) is 14.5 Å². The van der Waals surface area contributed by atoms with Gasteiger partial charge in [-0.1, -0.05) is 6.07 Å². The van der Waals surface area contributed by atoms with Gasteiger partial charge in [-0.25, -0.2) is 23.4 Å². The molecular formula is C30H21F2N11O7. The third-order valence-electron chi connectivity index (χ3n) is 6.83. The molecule has 0 aliphatic heterocycles. The molecule has 0 saturated heterocycles. The van der Waals surface area contributed by atoms with Crippen LogP contribution in [0.3, 0.4) is 0 Å². The zero-order valence-corrected chi connectivity index (χ0v) is 25.5. The number of fused-ring (bicyclic) bond motifs is 1. The Kier molecular flexibility index (Phi) is 9.31. The molecule has 18 nitrogen and oxygen atoms in total. The number of aromatic nitrogens is 9. The number of nitrogens with zero attached hydrogens (tertiary/aromatic N) is 9. The lowest BCUT2D eigenvalue weighted by molar-refractivity contribution is 0.0227. The third kappa shape index (κ3) is 7.17. The molecule has 0 bridgehead atoms. The number of imidazole rings is 1. The van der Waals surface area contributed by atoms with Gasteiger partial charge in [-0.15, -0.1) is 25.0 Å². The SMILES string of the molecule is COC(=O)c1cc(F)c(OCCc2ccc(C(=O)ONC(=O)c3ccc(-n4ccnc4)nn3)cc2F)cc1NC(=O)c1ccc2nnnn2n1. The number of halogens is 2. The van der Waals surface area contributed by atoms with Crippen LogP contribution >= 0.6 is 0 Å². The number of methoxy groups -OCH3 is 1. The van der Waals surface area contributed by atoms with Crippen LogP contribution in [0.1, 0.15) is 47.3 Å². The van der Waals surface area contributed by atoms with Crippen LogP contribution in [-0.2, 0) is 16.0 Å². The molecule has 0 spiro atoms. The Hall–Kier alpha value is -7.25. The van der Waals surface area contributed by atoms with Gasteiger partial charge < -0.3 is 19.6 Å². The summed E-state index contributed by atoms with van der Waals surface area (Å²) in [6.07, 6.45) is 4.59. The zero-order valence-electron chi connectivity index (χ0n) is 25.5. The smallest absolute Gasteiger partial charge is 0.363 e. The predicted octanol–water partition coefficient (Wildman–Crippen LogP) is 1.94. The van der Waals surface area contributed by atoms with Crippen molar-refractivity contribution in [2.24, 2.45) is 0 Å². The van der Waals surface area contributed by atoms with Gasteiger partial charge in [-0.3, -0.25) is 14.2 Å². The van der Waals surface area contributed by atoms with Crippen molar-refractivity contribution >= 4 is 35.1 Å². The lowest BCUT2D eigenvalue weighted by Gasteiger charge is -2.14. The van der Waals surface area contributed by atoms with Crippen molar-refractivity contribution in [1.29, 1.82) is 0 Å². The lowest BCUT2D eigenvalue weighted by atomic mass is 10.1. The van der Waals surface area contributed by atoms with Crippen molar-refractivity contribution in [2.45, 2.75) is 6.42 Å². The van der Waals surface area contributed by atoms with E-state index < -0.39 is 35.4 Å². The van der Waals surface area contributed by atoms with E-state index in [1.54, 1.807) is 17.0 Å². The molecule has 0 saturated carbocycles. The van der Waals surface area contributed by atoms with Crippen LogP contribution in [-0.4, -0.2) is 82.5 Å². The minimum absolute atomic E-state index is 0.0819. The summed E-state index contributed by atoms with van der Waals surface area (Å²) in [5.41, 5.74) is 1.37. The van der Waals surface area contributed by atoms with E-state index in [1.165, 1.54) is 42.7 Å². The van der Waals surface area contributed by atoms with E-state index >= 15 is 0 Å². The maximum absolute atomic E-state index is 14.9. The molecule has 2 N–H and O–H groups in total. The van der Waals surface area contributed by atoms with Crippen LogP contribution in [0.15, 0.2) is 73.3 Å². The standard InChI is InChI=1S/C30H21F2N11O7/c1-48-30(47)18-13-20(32)24(14-23(18)34-27(44)22-5-7-26-37-40-41-43(26)38-22)49-11-8-16-2-3-17(12-19(16)31)29(46)50-39-28(45)21-4-6-25(36-35-21)42-10-9-33-15-42/h2-7,9-10,12-15H,8,11H2,1H3,(H,34,44)(H,39,45). The summed E-state index contributed by atoms with van der Waals surface area (Å²) in [6.45, 7) is -0.253. The molecular weight excluding hydrogens is 664 g/mol. The molecule has 20 heteroatoms. The number of nitrogens with one attached hydrogen (secondary N) is 2. The average molecular weight is 686 g/mol. The zero-order chi connectivity index (χ0) is 35.2. The number of carbonyl (C=O) groups excluding carboxylic acids is 4. The van der Waals surface area contributed by atoms with Crippen molar-refractivity contribution in [2.75, 3.05) is 19.0 Å². The fraction of sp³-hybridized carbons (Fsp3) is 0.100. The molecule has 4 heterocycles. The van der Waals surface area contributed by atoms with Gasteiger partial charge >= 0.3 is 17.8 Å². The molecule has 6 aromatic rings. The van der Waals surface area contributed by atoms with E-state index in [0.29, 0.717) is 5.82 Å². The van der Waals surface area contributed by atoms with Crippen molar-refractivity contribution in [1.82, 2.24) is 50.5 Å². The summed E-state index contributed by atoms with van der Waals surface area (Å²) in [5.74, 6) is -5.37. The number of amides is 2. The largest absolute Gasteiger partial charge is 0.490 e. The van der Waals surface area contributed by atoms with E-state index in [9.17, 15) is 28.0 Å². The highest BCUT2D eigenvalue weighted by atomic mass is 19.1. The van der Waals surface area contributed by atoms with Gasteiger partial charge in [0.15, 0.2) is 34.4 Å². The Morgan fingerprint density at radius 1 is 0.880 bits per heavy atom. The molecule has 4 aromatic heterocycles. The Bertz CT molecular complexity index is 2230. The molecule has 50 heavy (non-hydrogen) atoms. The summed E-state index contributed by atoms with van der Waals surface area (Å²) in [5, 5.41) is 24.9. The van der Waals surface area contributed by atoms with Gasteiger partial charge in [0, 0.05) is 24.9 Å². The number of hydroxylamine groups is 1. The van der Waals surface area contributed by atoms with Gasteiger partial charge in [-0.05, 0) is 58.5 Å². The molecule has 252 valence electrons. The molecule has 0 aliphatic carbocycles. The molecule has 0 aliphatic rings. The van der Waals surface area contributed by atoms with E-state index in [2.05, 4.69) is 41.1 Å². The maximum Gasteiger partial charge on any atom is 0.363 e. The van der Waals surface area contributed by atoms with Crippen molar-refractivity contribution in [3.8, 4) is 11.6 Å². The first kappa shape index (κ1) is 32.7. The highest BCUT2D eigenvalue weighted by molar-refractivity contribution is 6.07. The summed E-state index contributed by atoms with van der Waals surface area (Å²) in [4.78, 5) is 58.6. The van der Waals surface area contributed by atoms with Crippen molar-refractivity contribution < 1.29 is 42.3 Å². The van der Waals surface area contributed by atoms with E-state index in [0.717, 1.165) is 29.9 Å². The number of hydrogen-bond acceptors (Lipinski definition) is 14. The second-order valence-corrected chi connectivity index (χ2v) is 9.99. The molecule has 0 radical (unpaired) electrons.